The van der Waals surface area contributed by atoms with E-state index in [4.69, 9.17) is 4.74 Å². The second kappa shape index (κ2) is 9.66. The van der Waals surface area contributed by atoms with Crippen LogP contribution in [0.3, 0.4) is 0 Å². The Balaban J connectivity index is 2.31. The molecule has 0 fully saturated rings. The van der Waals surface area contributed by atoms with Crippen molar-refractivity contribution in [2.24, 2.45) is 5.92 Å². The van der Waals surface area contributed by atoms with E-state index in [1.165, 1.54) is 10.4 Å². The number of nitrogens with zero attached hydrogens (tertiary/aromatic N) is 1. The maximum absolute atomic E-state index is 13.2. The third-order valence-electron chi connectivity index (χ3n) is 4.34. The quantitative estimate of drug-likeness (QED) is 0.472. The Morgan fingerprint density at radius 3 is 2.25 bits per heavy atom. The molecule has 2 aromatic carbocycles. The van der Waals surface area contributed by atoms with Crippen LogP contribution in [0, 0.1) is 12.8 Å². The first-order valence-corrected chi connectivity index (χ1v) is 10.6. The lowest BCUT2D eigenvalue weighted by atomic mass is 10.0. The monoisotopic (exact) mass is 401 g/mol. The van der Waals surface area contributed by atoms with Gasteiger partial charge in [0.1, 0.15) is 12.6 Å². The number of ether oxygens (including phenoxy) is 1. The maximum atomic E-state index is 13.2. The molecule has 0 aliphatic heterocycles. The topological polar surface area (TPSA) is 63.7 Å². The molecular formula is C22H27NO4S. The van der Waals surface area contributed by atoms with Crippen LogP contribution in [0.25, 0.3) is 0 Å². The Hall–Kier alpha value is -2.44. The average Bonchev–Trinajstić information content (AvgIpc) is 2.67. The maximum Gasteiger partial charge on any atom is 0.325 e. The molecule has 0 heterocycles. The molecule has 0 spiro atoms. The zero-order valence-electron chi connectivity index (χ0n) is 16.5. The first kappa shape index (κ1) is 21.9. The summed E-state index contributed by atoms with van der Waals surface area (Å²) < 4.78 is 33.1. The second-order valence-corrected chi connectivity index (χ2v) is 8.85. The molecular weight excluding hydrogens is 374 g/mol. The van der Waals surface area contributed by atoms with Crippen molar-refractivity contribution in [1.29, 1.82) is 0 Å². The number of benzene rings is 2. The SMILES string of the molecule is C=CCN(C(C(=O)OCc1ccccc1)C(C)C)S(=O)(=O)c1ccc(C)cc1. The van der Waals surface area contributed by atoms with Gasteiger partial charge in [-0.05, 0) is 30.5 Å². The second-order valence-electron chi connectivity index (χ2n) is 6.96. The third kappa shape index (κ3) is 5.30. The van der Waals surface area contributed by atoms with E-state index in [9.17, 15) is 13.2 Å². The van der Waals surface area contributed by atoms with Crippen molar-refractivity contribution < 1.29 is 17.9 Å². The Kier molecular flexibility index (Phi) is 7.54. The first-order chi connectivity index (χ1) is 13.3. The number of rotatable bonds is 9. The molecule has 2 rings (SSSR count). The molecule has 0 saturated carbocycles. The largest absolute Gasteiger partial charge is 0.460 e. The zero-order chi connectivity index (χ0) is 20.7. The standard InChI is InChI=1S/C22H27NO4S/c1-5-15-23(28(25,26)20-13-11-18(4)12-14-20)21(17(2)3)22(24)27-16-19-9-7-6-8-10-19/h5-14,17,21H,1,15-16H2,2-4H3. The highest BCUT2D eigenvalue weighted by molar-refractivity contribution is 7.89. The fourth-order valence-electron chi connectivity index (χ4n) is 2.87. The molecule has 0 aliphatic rings. The van der Waals surface area contributed by atoms with E-state index in [0.29, 0.717) is 0 Å². The molecule has 2 aromatic rings. The number of sulfonamides is 1. The smallest absolute Gasteiger partial charge is 0.325 e. The van der Waals surface area contributed by atoms with Gasteiger partial charge >= 0.3 is 5.97 Å². The minimum Gasteiger partial charge on any atom is -0.460 e. The van der Waals surface area contributed by atoms with E-state index in [1.54, 1.807) is 38.1 Å². The summed E-state index contributed by atoms with van der Waals surface area (Å²) in [5.41, 5.74) is 1.80. The Morgan fingerprint density at radius 1 is 1.11 bits per heavy atom. The van der Waals surface area contributed by atoms with E-state index in [1.807, 2.05) is 37.3 Å². The highest BCUT2D eigenvalue weighted by Gasteiger charge is 2.38. The van der Waals surface area contributed by atoms with Gasteiger partial charge in [-0.15, -0.1) is 6.58 Å². The number of hydrogen-bond acceptors (Lipinski definition) is 4. The molecule has 150 valence electrons. The summed E-state index contributed by atoms with van der Waals surface area (Å²) in [6.07, 6.45) is 1.48. The summed E-state index contributed by atoms with van der Waals surface area (Å²) in [6.45, 7) is 9.25. The van der Waals surface area contributed by atoms with Gasteiger partial charge in [0.2, 0.25) is 10.0 Å². The third-order valence-corrected chi connectivity index (χ3v) is 6.21. The van der Waals surface area contributed by atoms with Gasteiger partial charge in [0.15, 0.2) is 0 Å². The summed E-state index contributed by atoms with van der Waals surface area (Å²) in [7, 11) is -3.89. The van der Waals surface area contributed by atoms with Crippen molar-refractivity contribution in [3.63, 3.8) is 0 Å². The molecule has 0 bridgehead atoms. The minimum absolute atomic E-state index is 0.0134. The van der Waals surface area contributed by atoms with Gasteiger partial charge in [0.25, 0.3) is 0 Å². The highest BCUT2D eigenvalue weighted by Crippen LogP contribution is 2.24. The molecule has 1 atom stereocenters. The summed E-state index contributed by atoms with van der Waals surface area (Å²) in [5.74, 6) is -0.847. The van der Waals surface area contributed by atoms with Crippen molar-refractivity contribution in [3.05, 3.63) is 78.4 Å². The van der Waals surface area contributed by atoms with Crippen molar-refractivity contribution in [2.75, 3.05) is 6.54 Å². The summed E-state index contributed by atoms with van der Waals surface area (Å²) >= 11 is 0. The molecule has 0 saturated heterocycles. The van der Waals surface area contributed by atoms with Crippen molar-refractivity contribution >= 4 is 16.0 Å². The van der Waals surface area contributed by atoms with Crippen LogP contribution in [-0.4, -0.2) is 31.3 Å². The lowest BCUT2D eigenvalue weighted by Crippen LogP contribution is -2.48. The predicted octanol–water partition coefficient (Wildman–Crippen LogP) is 3.94. The van der Waals surface area contributed by atoms with Crippen LogP contribution in [0.4, 0.5) is 0 Å². The van der Waals surface area contributed by atoms with Crippen molar-refractivity contribution in [1.82, 2.24) is 4.31 Å². The average molecular weight is 402 g/mol. The summed E-state index contributed by atoms with van der Waals surface area (Å²) in [6, 6.07) is 14.9. The molecule has 1 unspecified atom stereocenters. The van der Waals surface area contributed by atoms with Gasteiger partial charge in [-0.3, -0.25) is 4.79 Å². The lowest BCUT2D eigenvalue weighted by molar-refractivity contribution is -0.151. The normalized spacial score (nSPS) is 12.8. The van der Waals surface area contributed by atoms with Gasteiger partial charge in [-0.2, -0.15) is 4.31 Å². The molecule has 5 nitrogen and oxygen atoms in total. The number of carbonyl (C=O) groups excluding carboxylic acids is 1. The molecule has 0 radical (unpaired) electrons. The van der Waals surface area contributed by atoms with Gasteiger partial charge in [0, 0.05) is 6.54 Å². The van der Waals surface area contributed by atoms with Gasteiger partial charge in [0.05, 0.1) is 4.90 Å². The molecule has 28 heavy (non-hydrogen) atoms. The van der Waals surface area contributed by atoms with Crippen LogP contribution in [0.5, 0.6) is 0 Å². The van der Waals surface area contributed by atoms with E-state index < -0.39 is 22.0 Å². The van der Waals surface area contributed by atoms with Crippen LogP contribution in [0.1, 0.15) is 25.0 Å². The fraction of sp³-hybridized carbons (Fsp3) is 0.318. The van der Waals surface area contributed by atoms with Gasteiger partial charge < -0.3 is 4.74 Å². The van der Waals surface area contributed by atoms with E-state index in [-0.39, 0.29) is 24.0 Å². The van der Waals surface area contributed by atoms with Crippen LogP contribution in [0.2, 0.25) is 0 Å². The van der Waals surface area contributed by atoms with Crippen LogP contribution in [-0.2, 0) is 26.2 Å². The van der Waals surface area contributed by atoms with Gasteiger partial charge in [-0.25, -0.2) is 8.42 Å². The van der Waals surface area contributed by atoms with Crippen LogP contribution >= 0.6 is 0 Å². The van der Waals surface area contributed by atoms with E-state index >= 15 is 0 Å². The molecule has 0 amide bonds. The van der Waals surface area contributed by atoms with Crippen molar-refractivity contribution in [2.45, 2.75) is 38.3 Å². The van der Waals surface area contributed by atoms with E-state index in [2.05, 4.69) is 6.58 Å². The zero-order valence-corrected chi connectivity index (χ0v) is 17.4. The fourth-order valence-corrected chi connectivity index (χ4v) is 4.55. The summed E-state index contributed by atoms with van der Waals surface area (Å²) in [5, 5.41) is 0. The molecule has 0 N–H and O–H groups in total. The number of esters is 1. The van der Waals surface area contributed by atoms with Crippen LogP contribution in [0.15, 0.2) is 72.1 Å². The van der Waals surface area contributed by atoms with Gasteiger partial charge in [-0.1, -0.05) is 68.0 Å². The first-order valence-electron chi connectivity index (χ1n) is 9.17. The predicted molar refractivity (Wildman–Crippen MR) is 110 cm³/mol. The summed E-state index contributed by atoms with van der Waals surface area (Å²) in [4.78, 5) is 13.0. The Labute approximate surface area is 167 Å². The number of aryl methyl sites for hydroxylation is 1. The van der Waals surface area contributed by atoms with E-state index in [0.717, 1.165) is 11.1 Å². The molecule has 0 aromatic heterocycles. The van der Waals surface area contributed by atoms with Crippen molar-refractivity contribution in [3.8, 4) is 0 Å². The number of carbonyl (C=O) groups is 1. The minimum atomic E-state index is -3.89. The molecule has 6 heteroatoms. The Bertz CT molecular complexity index is 890. The number of hydrogen-bond donors (Lipinski definition) is 0. The lowest BCUT2D eigenvalue weighted by Gasteiger charge is -2.31. The highest BCUT2D eigenvalue weighted by atomic mass is 32.2. The van der Waals surface area contributed by atoms with Crippen LogP contribution < -0.4 is 0 Å². The molecule has 0 aliphatic carbocycles. The Morgan fingerprint density at radius 2 is 1.71 bits per heavy atom.